The SMILES string of the molecule is CC(=O)[O-].CCCCCCN.[K+]. The van der Waals surface area contributed by atoms with Crippen molar-refractivity contribution in [3.05, 3.63) is 0 Å². The summed E-state index contributed by atoms with van der Waals surface area (Å²) in [6.45, 7) is 4.04. The topological polar surface area (TPSA) is 66.1 Å². The molecule has 0 aliphatic heterocycles. The van der Waals surface area contributed by atoms with Gasteiger partial charge in [-0.15, -0.1) is 0 Å². The summed E-state index contributed by atoms with van der Waals surface area (Å²) in [5.74, 6) is -1.08. The van der Waals surface area contributed by atoms with Crippen molar-refractivity contribution in [3.8, 4) is 0 Å². The van der Waals surface area contributed by atoms with E-state index in [1.807, 2.05) is 0 Å². The van der Waals surface area contributed by atoms with E-state index in [2.05, 4.69) is 6.92 Å². The molecular weight excluding hydrogens is 181 g/mol. The van der Waals surface area contributed by atoms with Gasteiger partial charge in [-0.1, -0.05) is 26.2 Å². The van der Waals surface area contributed by atoms with Crippen molar-refractivity contribution < 1.29 is 61.3 Å². The molecule has 0 rings (SSSR count). The smallest absolute Gasteiger partial charge is 0.550 e. The van der Waals surface area contributed by atoms with E-state index in [0.717, 1.165) is 13.5 Å². The van der Waals surface area contributed by atoms with Crippen LogP contribution in [-0.4, -0.2) is 12.5 Å². The van der Waals surface area contributed by atoms with Crippen LogP contribution in [0.4, 0.5) is 0 Å². The monoisotopic (exact) mass is 199 g/mol. The van der Waals surface area contributed by atoms with Crippen LogP contribution in [0.5, 0.6) is 0 Å². The molecule has 0 saturated heterocycles. The number of carboxylic acids is 1. The first-order valence-corrected chi connectivity index (χ1v) is 4.02. The van der Waals surface area contributed by atoms with Crippen molar-refractivity contribution in [2.75, 3.05) is 6.54 Å². The first kappa shape index (κ1) is 18.8. The standard InChI is InChI=1S/C6H15N.C2H4O2.K/c1-2-3-4-5-6-7;1-2(3)4;/h2-7H2,1H3;1H3,(H,3,4);/q;;+1/p-1. The number of carbonyl (C=O) groups excluding carboxylic acids is 1. The Morgan fingerprint density at radius 3 is 2.00 bits per heavy atom. The molecule has 0 aromatic carbocycles. The van der Waals surface area contributed by atoms with Gasteiger partial charge in [0.25, 0.3) is 0 Å². The molecule has 0 saturated carbocycles. The Balaban J connectivity index is -0.000000142. The van der Waals surface area contributed by atoms with E-state index in [0.29, 0.717) is 0 Å². The van der Waals surface area contributed by atoms with Gasteiger partial charge in [-0.05, 0) is 19.9 Å². The van der Waals surface area contributed by atoms with Gasteiger partial charge in [-0.3, -0.25) is 0 Å². The molecule has 3 nitrogen and oxygen atoms in total. The van der Waals surface area contributed by atoms with E-state index in [-0.39, 0.29) is 51.4 Å². The molecule has 0 fully saturated rings. The zero-order chi connectivity index (χ0) is 9.11. The Morgan fingerprint density at radius 2 is 1.75 bits per heavy atom. The molecule has 4 heteroatoms. The molecule has 0 spiro atoms. The number of carbonyl (C=O) groups is 1. The van der Waals surface area contributed by atoms with Crippen molar-refractivity contribution in [3.63, 3.8) is 0 Å². The summed E-state index contributed by atoms with van der Waals surface area (Å²) in [5, 5.41) is 8.89. The van der Waals surface area contributed by atoms with Crippen LogP contribution in [0.15, 0.2) is 0 Å². The van der Waals surface area contributed by atoms with Gasteiger partial charge in [-0.2, -0.15) is 0 Å². The molecule has 0 radical (unpaired) electrons. The van der Waals surface area contributed by atoms with Crippen LogP contribution in [0.3, 0.4) is 0 Å². The summed E-state index contributed by atoms with van der Waals surface area (Å²) < 4.78 is 0. The van der Waals surface area contributed by atoms with Gasteiger partial charge in [0.05, 0.1) is 0 Å². The molecule has 0 aromatic heterocycles. The van der Waals surface area contributed by atoms with E-state index < -0.39 is 5.97 Å². The summed E-state index contributed by atoms with van der Waals surface area (Å²) in [7, 11) is 0. The minimum atomic E-state index is -1.08. The fourth-order valence-corrected chi connectivity index (χ4v) is 0.571. The zero-order valence-corrected chi connectivity index (χ0v) is 11.6. The Labute approximate surface area is 118 Å². The summed E-state index contributed by atoms with van der Waals surface area (Å²) in [4.78, 5) is 8.89. The van der Waals surface area contributed by atoms with Crippen LogP contribution in [-0.2, 0) is 4.79 Å². The average molecular weight is 199 g/mol. The minimum absolute atomic E-state index is 0. The second-order valence-corrected chi connectivity index (χ2v) is 2.34. The molecule has 0 aromatic rings. The van der Waals surface area contributed by atoms with Crippen LogP contribution in [0, 0.1) is 0 Å². The maximum Gasteiger partial charge on any atom is 1.00 e. The Hall–Kier alpha value is 1.07. The molecule has 68 valence electrons. The number of hydrogen-bond acceptors (Lipinski definition) is 3. The van der Waals surface area contributed by atoms with Crippen molar-refractivity contribution >= 4 is 5.97 Å². The van der Waals surface area contributed by atoms with Crippen molar-refractivity contribution in [2.24, 2.45) is 5.73 Å². The minimum Gasteiger partial charge on any atom is -0.550 e. The molecule has 0 atom stereocenters. The molecule has 0 unspecified atom stereocenters. The first-order chi connectivity index (χ1) is 5.15. The number of nitrogens with two attached hydrogens (primary N) is 1. The summed E-state index contributed by atoms with van der Waals surface area (Å²) in [5.41, 5.74) is 5.27. The second-order valence-electron chi connectivity index (χ2n) is 2.34. The number of rotatable bonds is 4. The van der Waals surface area contributed by atoms with Crippen LogP contribution < -0.4 is 62.2 Å². The molecular formula is C8H18KNO2. The normalized spacial score (nSPS) is 7.58. The van der Waals surface area contributed by atoms with E-state index in [1.54, 1.807) is 0 Å². The van der Waals surface area contributed by atoms with Gasteiger partial charge in [0, 0.05) is 5.97 Å². The average Bonchev–Trinajstić information content (AvgIpc) is 1.88. The van der Waals surface area contributed by atoms with E-state index in [9.17, 15) is 0 Å². The van der Waals surface area contributed by atoms with Gasteiger partial charge >= 0.3 is 51.4 Å². The largest absolute Gasteiger partial charge is 1.00 e. The number of carboxylic acid groups (broad SMARTS) is 1. The molecule has 0 aliphatic rings. The van der Waals surface area contributed by atoms with Crippen molar-refractivity contribution in [1.29, 1.82) is 0 Å². The predicted molar refractivity (Wildman–Crippen MR) is 43.9 cm³/mol. The van der Waals surface area contributed by atoms with Gasteiger partial charge < -0.3 is 15.6 Å². The fraction of sp³-hybridized carbons (Fsp3) is 0.875. The number of hydrogen-bond donors (Lipinski definition) is 1. The van der Waals surface area contributed by atoms with Crippen LogP contribution in [0.2, 0.25) is 0 Å². The zero-order valence-electron chi connectivity index (χ0n) is 8.43. The van der Waals surface area contributed by atoms with Crippen molar-refractivity contribution in [1.82, 2.24) is 0 Å². The molecule has 2 N–H and O–H groups in total. The van der Waals surface area contributed by atoms with Crippen LogP contribution in [0.25, 0.3) is 0 Å². The van der Waals surface area contributed by atoms with Crippen LogP contribution >= 0.6 is 0 Å². The van der Waals surface area contributed by atoms with Gasteiger partial charge in [0.15, 0.2) is 0 Å². The van der Waals surface area contributed by atoms with Crippen LogP contribution in [0.1, 0.15) is 39.5 Å². The summed E-state index contributed by atoms with van der Waals surface area (Å²) in [6, 6.07) is 0. The molecule has 0 heterocycles. The Kier molecular flexibility index (Phi) is 28.1. The fourth-order valence-electron chi connectivity index (χ4n) is 0.571. The van der Waals surface area contributed by atoms with Gasteiger partial charge in [-0.25, -0.2) is 0 Å². The van der Waals surface area contributed by atoms with Gasteiger partial charge in [0.2, 0.25) is 0 Å². The number of unbranched alkanes of at least 4 members (excludes halogenated alkanes) is 3. The quantitative estimate of drug-likeness (QED) is 0.395. The first-order valence-electron chi connectivity index (χ1n) is 4.02. The third kappa shape index (κ3) is 43.7. The third-order valence-electron chi connectivity index (χ3n) is 1.06. The Bertz CT molecular complexity index is 81.1. The molecule has 12 heavy (non-hydrogen) atoms. The molecule has 0 amide bonds. The van der Waals surface area contributed by atoms with E-state index in [4.69, 9.17) is 15.6 Å². The number of aliphatic carboxylic acids is 1. The van der Waals surface area contributed by atoms with Crippen molar-refractivity contribution in [2.45, 2.75) is 39.5 Å². The summed E-state index contributed by atoms with van der Waals surface area (Å²) >= 11 is 0. The van der Waals surface area contributed by atoms with Gasteiger partial charge in [0.1, 0.15) is 0 Å². The summed E-state index contributed by atoms with van der Waals surface area (Å²) in [6.07, 6.45) is 5.16. The third-order valence-corrected chi connectivity index (χ3v) is 1.06. The molecule has 0 aliphatic carbocycles. The predicted octanol–water partition coefficient (Wildman–Crippen LogP) is -2.71. The second kappa shape index (κ2) is 18.0. The Morgan fingerprint density at radius 1 is 1.33 bits per heavy atom. The maximum atomic E-state index is 8.89. The van der Waals surface area contributed by atoms with E-state index >= 15 is 0 Å². The van der Waals surface area contributed by atoms with E-state index in [1.165, 1.54) is 25.7 Å². The maximum absolute atomic E-state index is 8.89. The molecule has 0 bridgehead atoms.